The maximum Gasteiger partial charge on any atom is 0.153 e. The number of nitrogens with zero attached hydrogens (tertiary/aromatic N) is 3. The fourth-order valence-corrected chi connectivity index (χ4v) is 4.53. The molecule has 102 valence electrons. The van der Waals surface area contributed by atoms with E-state index in [9.17, 15) is 0 Å². The number of thioether (sulfide) groups is 1. The third-order valence-corrected chi connectivity index (χ3v) is 5.59. The highest BCUT2D eigenvalue weighted by molar-refractivity contribution is 9.10. The molecule has 1 aliphatic rings. The van der Waals surface area contributed by atoms with Crippen LogP contribution in [0.25, 0.3) is 0 Å². The topological polar surface area (TPSA) is 42.7 Å². The van der Waals surface area contributed by atoms with Gasteiger partial charge in [-0.15, -0.1) is 5.10 Å². The molecule has 0 aliphatic heterocycles. The molecule has 1 heterocycles. The number of halogens is 1. The van der Waals surface area contributed by atoms with Gasteiger partial charge in [-0.2, -0.15) is 11.8 Å². The summed E-state index contributed by atoms with van der Waals surface area (Å²) in [7, 11) is 3.95. The van der Waals surface area contributed by atoms with Crippen molar-refractivity contribution in [2.75, 3.05) is 12.8 Å². The summed E-state index contributed by atoms with van der Waals surface area (Å²) in [5.41, 5.74) is 1.14. The summed E-state index contributed by atoms with van der Waals surface area (Å²) in [5.74, 6) is 1.08. The first-order valence-corrected chi connectivity index (χ1v) is 8.40. The van der Waals surface area contributed by atoms with Crippen molar-refractivity contribution in [2.45, 2.75) is 43.4 Å². The lowest BCUT2D eigenvalue weighted by molar-refractivity contribution is 0.513. The fraction of sp³-hybridized carbons (Fsp3) is 0.833. The summed E-state index contributed by atoms with van der Waals surface area (Å²) in [4.78, 5) is 0. The molecule has 18 heavy (non-hydrogen) atoms. The number of aryl methyl sites for hydroxylation is 1. The Hall–Kier alpha value is -0.0700. The average molecular weight is 333 g/mol. The van der Waals surface area contributed by atoms with Crippen LogP contribution in [0.15, 0.2) is 4.60 Å². The van der Waals surface area contributed by atoms with Gasteiger partial charge < -0.3 is 5.32 Å². The Morgan fingerprint density at radius 2 is 2.17 bits per heavy atom. The van der Waals surface area contributed by atoms with E-state index in [1.807, 2.05) is 18.8 Å². The minimum Gasteiger partial charge on any atom is -0.311 e. The lowest BCUT2D eigenvalue weighted by atomic mass is 10.0. The summed E-state index contributed by atoms with van der Waals surface area (Å²) in [5, 5.41) is 12.3. The molecule has 0 amide bonds. The minimum atomic E-state index is 0.311. The van der Waals surface area contributed by atoms with Gasteiger partial charge in [0.25, 0.3) is 0 Å². The largest absolute Gasteiger partial charge is 0.311 e. The van der Waals surface area contributed by atoms with Gasteiger partial charge in [0.15, 0.2) is 4.60 Å². The van der Waals surface area contributed by atoms with Crippen LogP contribution in [-0.2, 0) is 7.05 Å². The van der Waals surface area contributed by atoms with E-state index in [1.54, 1.807) is 0 Å². The van der Waals surface area contributed by atoms with Crippen molar-refractivity contribution in [2.24, 2.45) is 7.05 Å². The van der Waals surface area contributed by atoms with E-state index in [1.165, 1.54) is 32.1 Å². The van der Waals surface area contributed by atoms with Gasteiger partial charge in [-0.1, -0.05) is 24.5 Å². The lowest BCUT2D eigenvalue weighted by Gasteiger charge is -2.24. The summed E-state index contributed by atoms with van der Waals surface area (Å²) < 4.78 is 2.71. The van der Waals surface area contributed by atoms with E-state index in [-0.39, 0.29) is 0 Å². The van der Waals surface area contributed by atoms with Gasteiger partial charge >= 0.3 is 0 Å². The zero-order valence-electron chi connectivity index (χ0n) is 11.0. The molecule has 4 nitrogen and oxygen atoms in total. The molecule has 0 aromatic carbocycles. The Morgan fingerprint density at radius 1 is 1.44 bits per heavy atom. The second-order valence-corrected chi connectivity index (χ2v) is 6.91. The molecule has 1 unspecified atom stereocenters. The van der Waals surface area contributed by atoms with E-state index in [4.69, 9.17) is 0 Å². The fourth-order valence-electron chi connectivity index (χ4n) is 2.47. The third-order valence-electron chi connectivity index (χ3n) is 3.56. The van der Waals surface area contributed by atoms with Crippen LogP contribution in [0.2, 0.25) is 0 Å². The molecule has 0 bridgehead atoms. The van der Waals surface area contributed by atoms with Crippen LogP contribution in [0.3, 0.4) is 0 Å². The molecule has 0 saturated heterocycles. The predicted octanol–water partition coefficient (Wildman–Crippen LogP) is 2.90. The van der Waals surface area contributed by atoms with Crippen molar-refractivity contribution in [1.29, 1.82) is 0 Å². The standard InChI is InChI=1S/C12H21BrN4S/c1-14-10(11-12(13)15-16-17(11)2)8-18-9-6-4-3-5-7-9/h9-10,14H,3-8H2,1-2H3. The van der Waals surface area contributed by atoms with Crippen molar-refractivity contribution in [3.05, 3.63) is 10.3 Å². The Morgan fingerprint density at radius 3 is 2.72 bits per heavy atom. The monoisotopic (exact) mass is 332 g/mol. The van der Waals surface area contributed by atoms with E-state index in [0.29, 0.717) is 6.04 Å². The molecule has 6 heteroatoms. The van der Waals surface area contributed by atoms with E-state index < -0.39 is 0 Å². The highest BCUT2D eigenvalue weighted by Crippen LogP contribution is 2.32. The summed E-state index contributed by atoms with van der Waals surface area (Å²) in [6.45, 7) is 0. The Labute approximate surface area is 121 Å². The number of nitrogens with one attached hydrogen (secondary N) is 1. The number of hydrogen-bond acceptors (Lipinski definition) is 4. The van der Waals surface area contributed by atoms with Crippen molar-refractivity contribution >= 4 is 27.7 Å². The maximum atomic E-state index is 4.06. The molecule has 1 atom stereocenters. The number of rotatable bonds is 5. The van der Waals surface area contributed by atoms with Gasteiger partial charge in [-0.25, -0.2) is 4.68 Å². The van der Waals surface area contributed by atoms with Crippen molar-refractivity contribution < 1.29 is 0 Å². The highest BCUT2D eigenvalue weighted by atomic mass is 79.9. The second-order valence-electron chi connectivity index (χ2n) is 4.82. The first kappa shape index (κ1) is 14.3. The molecule has 1 aromatic heterocycles. The first-order valence-electron chi connectivity index (χ1n) is 6.56. The van der Waals surface area contributed by atoms with Crippen LogP contribution < -0.4 is 5.32 Å². The van der Waals surface area contributed by atoms with Crippen LogP contribution in [0.1, 0.15) is 43.8 Å². The van der Waals surface area contributed by atoms with Crippen LogP contribution in [0.4, 0.5) is 0 Å². The van der Waals surface area contributed by atoms with E-state index >= 15 is 0 Å². The van der Waals surface area contributed by atoms with Crippen molar-refractivity contribution in [1.82, 2.24) is 20.3 Å². The van der Waals surface area contributed by atoms with E-state index in [2.05, 4.69) is 43.3 Å². The van der Waals surface area contributed by atoms with Crippen LogP contribution in [-0.4, -0.2) is 33.0 Å². The zero-order chi connectivity index (χ0) is 13.0. The molecule has 1 aliphatic carbocycles. The van der Waals surface area contributed by atoms with Gasteiger partial charge in [0.2, 0.25) is 0 Å². The highest BCUT2D eigenvalue weighted by Gasteiger charge is 2.21. The molecule has 1 saturated carbocycles. The van der Waals surface area contributed by atoms with Crippen LogP contribution in [0.5, 0.6) is 0 Å². The number of aromatic nitrogens is 3. The summed E-state index contributed by atoms with van der Waals surface area (Å²) in [6, 6.07) is 0.311. The van der Waals surface area contributed by atoms with Gasteiger partial charge in [0, 0.05) is 18.1 Å². The Balaban J connectivity index is 1.93. The normalized spacial score (nSPS) is 19.1. The maximum absolute atomic E-state index is 4.06. The molecule has 2 rings (SSSR count). The average Bonchev–Trinajstić information content (AvgIpc) is 2.73. The quantitative estimate of drug-likeness (QED) is 0.900. The molecule has 0 spiro atoms. The summed E-state index contributed by atoms with van der Waals surface area (Å²) in [6.07, 6.45) is 6.99. The Bertz CT molecular complexity index is 357. The van der Waals surface area contributed by atoms with Gasteiger partial charge in [0.1, 0.15) is 0 Å². The van der Waals surface area contributed by atoms with Crippen molar-refractivity contribution in [3.8, 4) is 0 Å². The predicted molar refractivity (Wildman–Crippen MR) is 79.8 cm³/mol. The molecule has 1 fully saturated rings. The lowest BCUT2D eigenvalue weighted by Crippen LogP contribution is -2.23. The van der Waals surface area contributed by atoms with Gasteiger partial charge in [-0.3, -0.25) is 0 Å². The second kappa shape index (κ2) is 6.91. The molecular weight excluding hydrogens is 312 g/mol. The molecular formula is C12H21BrN4S. The number of hydrogen-bond donors (Lipinski definition) is 1. The third kappa shape index (κ3) is 3.48. The van der Waals surface area contributed by atoms with Crippen LogP contribution >= 0.6 is 27.7 Å². The van der Waals surface area contributed by atoms with Gasteiger partial charge in [0.05, 0.1) is 11.7 Å². The van der Waals surface area contributed by atoms with Crippen molar-refractivity contribution in [3.63, 3.8) is 0 Å². The van der Waals surface area contributed by atoms with E-state index in [0.717, 1.165) is 21.3 Å². The zero-order valence-corrected chi connectivity index (χ0v) is 13.4. The smallest absolute Gasteiger partial charge is 0.153 e. The molecule has 1 N–H and O–H groups in total. The van der Waals surface area contributed by atoms with Gasteiger partial charge in [-0.05, 0) is 35.8 Å². The Kier molecular flexibility index (Phi) is 5.51. The first-order chi connectivity index (χ1) is 8.72. The van der Waals surface area contributed by atoms with Crippen LogP contribution in [0, 0.1) is 0 Å². The SMILES string of the molecule is CNC(CSC1CCCCC1)c1c(Br)nnn1C. The molecule has 0 radical (unpaired) electrons. The minimum absolute atomic E-state index is 0.311. The summed E-state index contributed by atoms with van der Waals surface area (Å²) >= 11 is 5.57. The molecule has 1 aromatic rings.